The van der Waals surface area contributed by atoms with Crippen molar-refractivity contribution in [2.24, 2.45) is 0 Å². The second-order valence-electron chi connectivity index (χ2n) is 6.47. The highest BCUT2D eigenvalue weighted by Gasteiger charge is 2.26. The van der Waals surface area contributed by atoms with Gasteiger partial charge in [-0.15, -0.1) is 20.2 Å². The summed E-state index contributed by atoms with van der Waals surface area (Å²) in [7, 11) is 3.64. The van der Waals surface area contributed by atoms with E-state index in [0.29, 0.717) is 22.4 Å². The third-order valence-corrected chi connectivity index (χ3v) is 6.09. The van der Waals surface area contributed by atoms with E-state index in [1.54, 1.807) is 23.5 Å². The van der Waals surface area contributed by atoms with Gasteiger partial charge in [0.1, 0.15) is 12.1 Å². The number of benzene rings is 1. The van der Waals surface area contributed by atoms with E-state index in [1.165, 1.54) is 24.0 Å². The van der Waals surface area contributed by atoms with Crippen molar-refractivity contribution in [3.05, 3.63) is 64.1 Å². The number of rotatable bonds is 5. The molecule has 0 spiro atoms. The number of nitrogens with zero attached hydrogens (tertiary/aromatic N) is 3. The number of thiazole rings is 1. The Hall–Kier alpha value is -2.63. The average molecular weight is 395 g/mol. The van der Waals surface area contributed by atoms with E-state index in [2.05, 4.69) is 29.1 Å². The average Bonchev–Trinajstić information content (AvgIpc) is 3.41. The molecule has 0 aliphatic heterocycles. The molecule has 4 rings (SSSR count). The van der Waals surface area contributed by atoms with Crippen molar-refractivity contribution < 1.29 is 4.79 Å². The molecule has 1 fully saturated rings. The number of amides is 1. The lowest BCUT2D eigenvalue weighted by molar-refractivity contribution is 0.102. The number of aromatic nitrogens is 3. The van der Waals surface area contributed by atoms with Crippen molar-refractivity contribution in [3.8, 4) is 0 Å². The Balaban J connectivity index is 1.49. The zero-order valence-electron chi connectivity index (χ0n) is 14.7. The highest BCUT2D eigenvalue weighted by Crippen LogP contribution is 2.43. The Morgan fingerprint density at radius 1 is 1.19 bits per heavy atom. The van der Waals surface area contributed by atoms with Crippen molar-refractivity contribution in [3.63, 3.8) is 0 Å². The highest BCUT2D eigenvalue weighted by atomic mass is 32.1. The quantitative estimate of drug-likeness (QED) is 0.643. The maximum atomic E-state index is 12.5. The summed E-state index contributed by atoms with van der Waals surface area (Å²) in [6.07, 6.45) is 5.74. The van der Waals surface area contributed by atoms with Crippen molar-refractivity contribution >= 4 is 42.4 Å². The Kier molecular flexibility index (Phi) is 4.72. The van der Waals surface area contributed by atoms with E-state index in [9.17, 15) is 4.79 Å². The predicted octanol–water partition coefficient (Wildman–Crippen LogP) is 3.67. The molecule has 6 nitrogen and oxygen atoms in total. The second kappa shape index (κ2) is 7.18. The van der Waals surface area contributed by atoms with Gasteiger partial charge in [0.2, 0.25) is 0 Å². The minimum atomic E-state index is -0.174. The van der Waals surface area contributed by atoms with Crippen LogP contribution < -0.4 is 11.1 Å². The molecule has 1 aliphatic carbocycles. The van der Waals surface area contributed by atoms with Crippen LogP contribution in [0.5, 0.6) is 0 Å². The Labute approximate surface area is 163 Å². The molecule has 0 atom stereocenters. The van der Waals surface area contributed by atoms with E-state index in [1.807, 2.05) is 25.3 Å². The van der Waals surface area contributed by atoms with E-state index >= 15 is 0 Å². The number of anilines is 2. The minimum Gasteiger partial charge on any atom is -0.383 e. The van der Waals surface area contributed by atoms with Crippen LogP contribution in [0.4, 0.5) is 10.9 Å². The third kappa shape index (κ3) is 3.75. The highest BCUT2D eigenvalue weighted by molar-refractivity contribution is 7.23. The first-order valence-corrected chi connectivity index (χ1v) is 9.88. The molecule has 1 aliphatic rings. The maximum absolute atomic E-state index is 12.5. The van der Waals surface area contributed by atoms with Gasteiger partial charge < -0.3 is 5.73 Å². The number of nitrogens with two attached hydrogens (primary N) is 1. The normalized spacial score (nSPS) is 13.4. The summed E-state index contributed by atoms with van der Waals surface area (Å²) in [6, 6.07) is 7.27. The molecule has 2 heterocycles. The Morgan fingerprint density at radius 3 is 2.56 bits per heavy atom. The smallest absolute Gasteiger partial charge is 0.257 e. The van der Waals surface area contributed by atoms with Crippen LogP contribution in [0.15, 0.2) is 36.8 Å². The van der Waals surface area contributed by atoms with Crippen molar-refractivity contribution in [2.75, 3.05) is 11.1 Å². The number of carbonyl (C=O) groups excluding carboxylic acids is 1. The monoisotopic (exact) mass is 395 g/mol. The summed E-state index contributed by atoms with van der Waals surface area (Å²) in [6.45, 7) is 1.87. The van der Waals surface area contributed by atoms with E-state index in [4.69, 9.17) is 5.73 Å². The number of nitrogens with one attached hydrogen (secondary N) is 1. The van der Waals surface area contributed by atoms with Gasteiger partial charge in [0.15, 0.2) is 5.13 Å². The molecule has 1 amide bonds. The zero-order chi connectivity index (χ0) is 19.0. The van der Waals surface area contributed by atoms with Gasteiger partial charge in [-0.05, 0) is 43.4 Å². The molecule has 0 bridgehead atoms. The Bertz CT molecular complexity index is 1010. The van der Waals surface area contributed by atoms with Gasteiger partial charge in [0.25, 0.3) is 5.91 Å². The maximum Gasteiger partial charge on any atom is 0.257 e. The molecule has 2 aromatic heterocycles. The van der Waals surface area contributed by atoms with Crippen molar-refractivity contribution in [1.82, 2.24) is 15.0 Å². The number of hydrogen-bond acceptors (Lipinski definition) is 6. The summed E-state index contributed by atoms with van der Waals surface area (Å²) in [5.74, 6) is 0.870. The minimum absolute atomic E-state index is 0.174. The van der Waals surface area contributed by atoms with Crippen LogP contribution in [-0.4, -0.2) is 26.2 Å². The van der Waals surface area contributed by atoms with Crippen LogP contribution >= 0.6 is 20.2 Å². The number of nitrogen functional groups attached to an aromatic ring is 1. The van der Waals surface area contributed by atoms with Crippen LogP contribution in [0.1, 0.15) is 50.8 Å². The zero-order valence-corrected chi connectivity index (χ0v) is 16.5. The van der Waals surface area contributed by atoms with Crippen molar-refractivity contribution in [1.29, 1.82) is 0 Å². The lowest BCUT2D eigenvalue weighted by Crippen LogP contribution is -2.12. The van der Waals surface area contributed by atoms with Gasteiger partial charge >= 0.3 is 0 Å². The fourth-order valence-corrected chi connectivity index (χ4v) is 4.26. The van der Waals surface area contributed by atoms with E-state index < -0.39 is 0 Å². The molecule has 3 N–H and O–H groups in total. The molecule has 1 aromatic carbocycles. The van der Waals surface area contributed by atoms with Gasteiger partial charge in [-0.1, -0.05) is 12.1 Å². The number of hydrogen-bond donors (Lipinski definition) is 2. The number of aryl methyl sites for hydroxylation is 1. The molecule has 0 radical (unpaired) electrons. The predicted molar refractivity (Wildman–Crippen MR) is 111 cm³/mol. The van der Waals surface area contributed by atoms with Crippen molar-refractivity contribution in [2.45, 2.75) is 25.7 Å². The summed E-state index contributed by atoms with van der Waals surface area (Å²) in [4.78, 5) is 26.2. The second-order valence-corrected chi connectivity index (χ2v) is 8.03. The van der Waals surface area contributed by atoms with Crippen LogP contribution in [0.3, 0.4) is 0 Å². The van der Waals surface area contributed by atoms with Gasteiger partial charge in [0, 0.05) is 27.5 Å². The van der Waals surface area contributed by atoms with E-state index in [-0.39, 0.29) is 5.91 Å². The first-order chi connectivity index (χ1) is 13.0. The van der Waals surface area contributed by atoms with E-state index in [0.717, 1.165) is 22.1 Å². The van der Waals surface area contributed by atoms with Gasteiger partial charge in [-0.25, -0.2) is 15.0 Å². The standard InChI is InChI=1S/C19H18N5OPS/c1-10-15(17(20)23-9-22-10)16(26)12-4-6-13(7-5-12)18(25)24-19-21-8-14(27-19)11-2-3-11/h4-9,11,26H,2-3H2,1H3,(H2,20,22,23)(H,21,24,25). The molecular weight excluding hydrogens is 377 g/mol. The first-order valence-electron chi connectivity index (χ1n) is 8.56. The summed E-state index contributed by atoms with van der Waals surface area (Å²) in [5, 5.41) is 4.30. The van der Waals surface area contributed by atoms with Crippen LogP contribution in [-0.2, 0) is 0 Å². The molecule has 27 heavy (non-hydrogen) atoms. The van der Waals surface area contributed by atoms with Gasteiger partial charge in [0.05, 0.1) is 5.69 Å². The van der Waals surface area contributed by atoms with Crippen LogP contribution in [0.25, 0.3) is 0 Å². The topological polar surface area (TPSA) is 93.8 Å². The fourth-order valence-electron chi connectivity index (χ4n) is 2.80. The molecule has 0 unspecified atom stereocenters. The molecule has 3 aromatic rings. The lowest BCUT2D eigenvalue weighted by atomic mass is 10.0. The van der Waals surface area contributed by atoms with Gasteiger partial charge in [-0.2, -0.15) is 0 Å². The van der Waals surface area contributed by atoms with Crippen LogP contribution in [0, 0.1) is 6.92 Å². The molecule has 136 valence electrons. The summed E-state index contributed by atoms with van der Waals surface area (Å²) in [5.41, 5.74) is 8.96. The third-order valence-electron chi connectivity index (χ3n) is 4.48. The summed E-state index contributed by atoms with van der Waals surface area (Å²) < 4.78 is 0. The largest absolute Gasteiger partial charge is 0.383 e. The molecular formula is C19H18N5OPS. The first kappa shape index (κ1) is 17.8. The van der Waals surface area contributed by atoms with Gasteiger partial charge in [-0.3, -0.25) is 10.1 Å². The summed E-state index contributed by atoms with van der Waals surface area (Å²) >= 11 is 1.55. The SMILES string of the molecule is Cc1ncnc(N)c1C(=P)c1ccc(C(=O)Nc2ncc(C3CC3)s2)cc1. The molecule has 0 saturated heterocycles. The Morgan fingerprint density at radius 2 is 1.89 bits per heavy atom. The lowest BCUT2D eigenvalue weighted by Gasteiger charge is -2.11. The fraction of sp³-hybridized carbons (Fsp3) is 0.211. The number of carbonyl (C=O) groups is 1. The molecule has 1 saturated carbocycles. The van der Waals surface area contributed by atoms with Crippen LogP contribution in [0.2, 0.25) is 0 Å². The molecule has 8 heteroatoms.